The zero-order chi connectivity index (χ0) is 13.8. The summed E-state index contributed by atoms with van der Waals surface area (Å²) in [6.07, 6.45) is 4.29. The summed E-state index contributed by atoms with van der Waals surface area (Å²) in [5.41, 5.74) is 3.11. The normalized spacial score (nSPS) is 22.9. The van der Waals surface area contributed by atoms with Gasteiger partial charge in [0.25, 0.3) is 0 Å². The third kappa shape index (κ3) is 3.49. The van der Waals surface area contributed by atoms with Crippen molar-refractivity contribution in [1.29, 1.82) is 0 Å². The van der Waals surface area contributed by atoms with Crippen LogP contribution in [-0.4, -0.2) is 12.2 Å². The highest BCUT2D eigenvalue weighted by Gasteiger charge is 2.24. The van der Waals surface area contributed by atoms with Crippen LogP contribution >= 0.6 is 0 Å². The molecule has 1 aliphatic rings. The highest BCUT2D eigenvalue weighted by molar-refractivity contribution is 5.86. The summed E-state index contributed by atoms with van der Waals surface area (Å²) in [4.78, 5) is 12.0. The predicted octanol–water partition coefficient (Wildman–Crippen LogP) is 4.43. The first kappa shape index (κ1) is 13.9. The van der Waals surface area contributed by atoms with Crippen molar-refractivity contribution in [2.24, 2.45) is 5.92 Å². The molecular weight excluding hydrogens is 238 g/mol. The maximum atomic E-state index is 12.0. The summed E-state index contributed by atoms with van der Waals surface area (Å²) in [7, 11) is 0. The number of nitrogens with one attached hydrogen (secondary N) is 1. The van der Waals surface area contributed by atoms with Crippen LogP contribution in [0.3, 0.4) is 0 Å². The third-order valence-corrected chi connectivity index (χ3v) is 4.13. The Hall–Kier alpha value is -1.51. The minimum atomic E-state index is -0.326. The van der Waals surface area contributed by atoms with Crippen molar-refractivity contribution in [1.82, 2.24) is 0 Å². The summed E-state index contributed by atoms with van der Waals surface area (Å²) in [5.74, 6) is 0.470. The topological polar surface area (TPSA) is 38.3 Å². The van der Waals surface area contributed by atoms with E-state index >= 15 is 0 Å². The Balaban J connectivity index is 1.95. The smallest absolute Gasteiger partial charge is 0.411 e. The van der Waals surface area contributed by atoms with Crippen LogP contribution in [0, 0.1) is 19.8 Å². The van der Waals surface area contributed by atoms with Crippen LogP contribution in [0.1, 0.15) is 43.7 Å². The van der Waals surface area contributed by atoms with Crippen molar-refractivity contribution in [2.45, 2.75) is 52.6 Å². The van der Waals surface area contributed by atoms with Gasteiger partial charge in [0.1, 0.15) is 6.10 Å². The van der Waals surface area contributed by atoms with E-state index in [4.69, 9.17) is 4.74 Å². The number of hydrogen-bond donors (Lipinski definition) is 1. The largest absolute Gasteiger partial charge is 0.446 e. The summed E-state index contributed by atoms with van der Waals surface area (Å²) in [6, 6.07) is 5.89. The fraction of sp³-hybridized carbons (Fsp3) is 0.562. The lowest BCUT2D eigenvalue weighted by Gasteiger charge is -2.28. The van der Waals surface area contributed by atoms with Gasteiger partial charge in [-0.05, 0) is 56.2 Å². The standard InChI is InChI=1S/C16H23NO2/c1-11-8-6-9-14(13(11)3)17-16(18)19-15-10-5-4-7-12(15)2/h6,8-9,12,15H,4-5,7,10H2,1-3H3,(H,17,18)/t12-,15+/m0/s1. The quantitative estimate of drug-likeness (QED) is 0.855. The number of benzene rings is 1. The van der Waals surface area contributed by atoms with Crippen molar-refractivity contribution in [3.63, 3.8) is 0 Å². The highest BCUT2D eigenvalue weighted by Crippen LogP contribution is 2.27. The molecule has 2 atom stereocenters. The zero-order valence-corrected chi connectivity index (χ0v) is 12.0. The summed E-state index contributed by atoms with van der Waals surface area (Å²) < 4.78 is 5.55. The van der Waals surface area contributed by atoms with Gasteiger partial charge in [-0.15, -0.1) is 0 Å². The van der Waals surface area contributed by atoms with Crippen LogP contribution in [0.5, 0.6) is 0 Å². The number of rotatable bonds is 2. The fourth-order valence-corrected chi connectivity index (χ4v) is 2.62. The minimum Gasteiger partial charge on any atom is -0.446 e. The maximum absolute atomic E-state index is 12.0. The first-order valence-electron chi connectivity index (χ1n) is 7.12. The Bertz CT molecular complexity index is 456. The van der Waals surface area contributed by atoms with E-state index in [1.807, 2.05) is 32.0 Å². The van der Waals surface area contributed by atoms with Gasteiger partial charge < -0.3 is 4.74 Å². The monoisotopic (exact) mass is 261 g/mol. The number of ether oxygens (including phenoxy) is 1. The molecule has 1 aliphatic carbocycles. The van der Waals surface area contributed by atoms with Gasteiger partial charge >= 0.3 is 6.09 Å². The fourth-order valence-electron chi connectivity index (χ4n) is 2.62. The molecule has 0 radical (unpaired) electrons. The molecule has 0 aliphatic heterocycles. The van der Waals surface area contributed by atoms with E-state index in [-0.39, 0.29) is 12.2 Å². The lowest BCUT2D eigenvalue weighted by Crippen LogP contribution is -2.30. The molecule has 0 spiro atoms. The molecule has 0 aromatic heterocycles. The van der Waals surface area contributed by atoms with Gasteiger partial charge in [-0.2, -0.15) is 0 Å². The van der Waals surface area contributed by atoms with Crippen LogP contribution in [0.15, 0.2) is 18.2 Å². The molecule has 1 aromatic carbocycles. The molecule has 0 bridgehead atoms. The van der Waals surface area contributed by atoms with Crippen molar-refractivity contribution >= 4 is 11.8 Å². The van der Waals surface area contributed by atoms with Crippen LogP contribution < -0.4 is 5.32 Å². The molecule has 1 aromatic rings. The van der Waals surface area contributed by atoms with Crippen LogP contribution in [0.2, 0.25) is 0 Å². The predicted molar refractivity (Wildman–Crippen MR) is 77.4 cm³/mol. The van der Waals surface area contributed by atoms with Crippen LogP contribution in [0.25, 0.3) is 0 Å². The lowest BCUT2D eigenvalue weighted by atomic mass is 9.88. The Labute approximate surface area is 115 Å². The number of amides is 1. The summed E-state index contributed by atoms with van der Waals surface area (Å²) >= 11 is 0. The molecule has 0 heterocycles. The molecule has 0 saturated heterocycles. The molecular formula is C16H23NO2. The van der Waals surface area contributed by atoms with Crippen molar-refractivity contribution in [3.8, 4) is 0 Å². The molecule has 1 N–H and O–H groups in total. The molecule has 19 heavy (non-hydrogen) atoms. The second-order valence-electron chi connectivity index (χ2n) is 5.58. The molecule has 0 unspecified atom stereocenters. The molecule has 3 heteroatoms. The van der Waals surface area contributed by atoms with E-state index in [2.05, 4.69) is 12.2 Å². The Morgan fingerprint density at radius 1 is 1.26 bits per heavy atom. The van der Waals surface area contributed by atoms with E-state index in [0.717, 1.165) is 30.5 Å². The van der Waals surface area contributed by atoms with E-state index in [1.165, 1.54) is 12.0 Å². The number of carbonyl (C=O) groups is 1. The first-order valence-corrected chi connectivity index (χ1v) is 7.12. The second-order valence-corrected chi connectivity index (χ2v) is 5.58. The van der Waals surface area contributed by atoms with E-state index in [1.54, 1.807) is 0 Å². The molecule has 2 rings (SSSR count). The second kappa shape index (κ2) is 6.09. The number of hydrogen-bond acceptors (Lipinski definition) is 2. The van der Waals surface area contributed by atoms with Gasteiger partial charge in [-0.3, -0.25) is 5.32 Å². The lowest BCUT2D eigenvalue weighted by molar-refractivity contribution is 0.0524. The third-order valence-electron chi connectivity index (χ3n) is 4.13. The minimum absolute atomic E-state index is 0.0684. The molecule has 1 saturated carbocycles. The van der Waals surface area contributed by atoms with Gasteiger partial charge in [-0.1, -0.05) is 25.5 Å². The van der Waals surface area contributed by atoms with Crippen LogP contribution in [0.4, 0.5) is 10.5 Å². The maximum Gasteiger partial charge on any atom is 0.411 e. The van der Waals surface area contributed by atoms with Gasteiger partial charge in [0, 0.05) is 5.69 Å². The van der Waals surface area contributed by atoms with Gasteiger partial charge in [-0.25, -0.2) is 4.79 Å². The van der Waals surface area contributed by atoms with E-state index in [9.17, 15) is 4.79 Å². The Morgan fingerprint density at radius 3 is 2.74 bits per heavy atom. The van der Waals surface area contributed by atoms with Gasteiger partial charge in [0.15, 0.2) is 0 Å². The molecule has 104 valence electrons. The molecule has 1 fully saturated rings. The summed E-state index contributed by atoms with van der Waals surface area (Å²) in [5, 5.41) is 2.86. The Kier molecular flexibility index (Phi) is 4.46. The van der Waals surface area contributed by atoms with E-state index in [0.29, 0.717) is 5.92 Å². The molecule has 3 nitrogen and oxygen atoms in total. The van der Waals surface area contributed by atoms with Gasteiger partial charge in [0.05, 0.1) is 0 Å². The number of anilines is 1. The number of aryl methyl sites for hydroxylation is 1. The van der Waals surface area contributed by atoms with Crippen LogP contribution in [-0.2, 0) is 4.74 Å². The van der Waals surface area contributed by atoms with Crippen molar-refractivity contribution in [2.75, 3.05) is 5.32 Å². The SMILES string of the molecule is Cc1cccc(NC(=O)O[C@@H]2CCCC[C@@H]2C)c1C. The number of carbonyl (C=O) groups excluding carboxylic acids is 1. The first-order chi connectivity index (χ1) is 9.08. The molecule has 1 amide bonds. The average Bonchev–Trinajstić information content (AvgIpc) is 2.38. The van der Waals surface area contributed by atoms with E-state index < -0.39 is 0 Å². The van der Waals surface area contributed by atoms with Crippen molar-refractivity contribution in [3.05, 3.63) is 29.3 Å². The Morgan fingerprint density at radius 2 is 2.00 bits per heavy atom. The average molecular weight is 261 g/mol. The van der Waals surface area contributed by atoms with Crippen molar-refractivity contribution < 1.29 is 9.53 Å². The highest BCUT2D eigenvalue weighted by atomic mass is 16.6. The zero-order valence-electron chi connectivity index (χ0n) is 12.0. The summed E-state index contributed by atoms with van der Waals surface area (Å²) in [6.45, 7) is 6.21. The van der Waals surface area contributed by atoms with Gasteiger partial charge in [0.2, 0.25) is 0 Å².